The number of furan rings is 1. The highest BCUT2D eigenvalue weighted by molar-refractivity contribution is 7.92. The van der Waals surface area contributed by atoms with Gasteiger partial charge in [0, 0.05) is 33.3 Å². The minimum Gasteiger partial charge on any atom is -0.465 e. The van der Waals surface area contributed by atoms with Crippen molar-refractivity contribution in [3.63, 3.8) is 0 Å². The minimum atomic E-state index is -4.13. The van der Waals surface area contributed by atoms with E-state index < -0.39 is 21.8 Å². The molecule has 3 aromatic carbocycles. The van der Waals surface area contributed by atoms with Crippen molar-refractivity contribution in [1.82, 2.24) is 0 Å². The maximum Gasteiger partial charge on any atom is 0.342 e. The topological polar surface area (TPSA) is 120 Å². The van der Waals surface area contributed by atoms with Gasteiger partial charge in [0.2, 0.25) is 0 Å². The Kier molecular flexibility index (Phi) is 4.87. The molecule has 0 amide bonds. The predicted octanol–water partition coefficient (Wildman–Crippen LogP) is 4.10. The van der Waals surface area contributed by atoms with Gasteiger partial charge in [-0.25, -0.2) is 13.2 Å². The molecule has 8 nitrogen and oxygen atoms in total. The van der Waals surface area contributed by atoms with Crippen LogP contribution in [0.25, 0.3) is 11.0 Å². The summed E-state index contributed by atoms with van der Waals surface area (Å²) >= 11 is 0. The molecule has 4 aromatic rings. The lowest BCUT2D eigenvalue weighted by atomic mass is 9.84. The zero-order valence-electron chi connectivity index (χ0n) is 18.0. The number of ketones is 2. The Morgan fingerprint density at radius 3 is 2.21 bits per heavy atom. The maximum atomic E-state index is 13.1. The van der Waals surface area contributed by atoms with Crippen LogP contribution < -0.4 is 4.72 Å². The highest BCUT2D eigenvalue weighted by Crippen LogP contribution is 2.31. The van der Waals surface area contributed by atoms with Gasteiger partial charge in [-0.3, -0.25) is 14.3 Å². The molecule has 5 rings (SSSR count). The van der Waals surface area contributed by atoms with E-state index >= 15 is 0 Å². The molecule has 0 saturated carbocycles. The molecule has 0 aliphatic heterocycles. The zero-order chi connectivity index (χ0) is 24.2. The van der Waals surface area contributed by atoms with E-state index in [9.17, 15) is 22.8 Å². The Hall–Kier alpha value is -4.24. The molecule has 0 unspecified atom stereocenters. The molecule has 0 spiro atoms. The van der Waals surface area contributed by atoms with Crippen LogP contribution in [0.5, 0.6) is 0 Å². The average molecular weight is 475 g/mol. The number of benzene rings is 3. The second-order valence-electron chi connectivity index (χ2n) is 7.75. The van der Waals surface area contributed by atoms with Crippen LogP contribution in [-0.2, 0) is 14.8 Å². The first-order chi connectivity index (χ1) is 16.2. The Bertz CT molecular complexity index is 1650. The fourth-order valence-corrected chi connectivity index (χ4v) is 5.17. The first kappa shape index (κ1) is 21.6. The van der Waals surface area contributed by atoms with Crippen LogP contribution >= 0.6 is 0 Å². The van der Waals surface area contributed by atoms with Crippen molar-refractivity contribution < 1.29 is 32.0 Å². The number of hydrogen-bond donors (Lipinski definition) is 1. The standard InChI is InChI=1S/C25H17NO7S/c1-13-22(25(29)32-2)20-11-14(7-10-21(20)33-13)26-34(30,31)15-8-9-18-19(12-15)24(28)17-6-4-3-5-16(17)23(18)27/h3-12,26H,1-2H3. The van der Waals surface area contributed by atoms with Gasteiger partial charge in [-0.2, -0.15) is 0 Å². The highest BCUT2D eigenvalue weighted by atomic mass is 32.2. The van der Waals surface area contributed by atoms with Crippen LogP contribution in [0.3, 0.4) is 0 Å². The van der Waals surface area contributed by atoms with Crippen molar-refractivity contribution in [2.75, 3.05) is 11.8 Å². The van der Waals surface area contributed by atoms with Crippen molar-refractivity contribution >= 4 is 44.2 Å². The molecule has 0 radical (unpaired) electrons. The smallest absolute Gasteiger partial charge is 0.342 e. The van der Waals surface area contributed by atoms with Gasteiger partial charge >= 0.3 is 5.97 Å². The van der Waals surface area contributed by atoms with Gasteiger partial charge in [0.05, 0.1) is 12.0 Å². The molecule has 0 saturated heterocycles. The number of ether oxygens (including phenoxy) is 1. The average Bonchev–Trinajstić information content (AvgIpc) is 3.16. The summed E-state index contributed by atoms with van der Waals surface area (Å²) in [5, 5.41) is 0.396. The minimum absolute atomic E-state index is 0.0282. The second kappa shape index (κ2) is 7.67. The molecule has 0 bridgehead atoms. The van der Waals surface area contributed by atoms with Gasteiger partial charge in [0.15, 0.2) is 11.6 Å². The molecule has 0 atom stereocenters. The fourth-order valence-electron chi connectivity index (χ4n) is 4.10. The number of aryl methyl sites for hydroxylation is 1. The summed E-state index contributed by atoms with van der Waals surface area (Å²) in [4.78, 5) is 37.7. The number of hydrogen-bond acceptors (Lipinski definition) is 7. The number of rotatable bonds is 4. The first-order valence-electron chi connectivity index (χ1n) is 10.2. The third-order valence-electron chi connectivity index (χ3n) is 5.71. The summed E-state index contributed by atoms with van der Waals surface area (Å²) in [6.45, 7) is 1.61. The first-order valence-corrected chi connectivity index (χ1v) is 11.7. The van der Waals surface area contributed by atoms with E-state index in [4.69, 9.17) is 9.15 Å². The molecule has 1 aromatic heterocycles. The van der Waals surface area contributed by atoms with E-state index in [0.29, 0.717) is 22.3 Å². The molecule has 9 heteroatoms. The molecule has 1 heterocycles. The van der Waals surface area contributed by atoms with Crippen LogP contribution in [0.4, 0.5) is 5.69 Å². The molecule has 170 valence electrons. The SMILES string of the molecule is COC(=O)c1c(C)oc2ccc(NS(=O)(=O)c3ccc4c(c3)C(=O)c3ccccc3C4=O)cc12. The van der Waals surface area contributed by atoms with E-state index in [0.717, 1.165) is 0 Å². The van der Waals surface area contributed by atoms with Gasteiger partial charge in [-0.15, -0.1) is 0 Å². The van der Waals surface area contributed by atoms with E-state index in [2.05, 4.69) is 4.72 Å². The normalized spacial score (nSPS) is 12.9. The van der Waals surface area contributed by atoms with Crippen LogP contribution in [0, 0.1) is 6.92 Å². The Balaban J connectivity index is 1.53. The van der Waals surface area contributed by atoms with Crippen molar-refractivity contribution in [3.05, 3.63) is 94.2 Å². The largest absolute Gasteiger partial charge is 0.465 e. The number of carbonyl (C=O) groups is 3. The third kappa shape index (κ3) is 3.29. The quantitative estimate of drug-likeness (QED) is 0.389. The third-order valence-corrected chi connectivity index (χ3v) is 7.09. The van der Waals surface area contributed by atoms with Gasteiger partial charge < -0.3 is 9.15 Å². The molecule has 1 aliphatic carbocycles. The summed E-state index contributed by atoms with van der Waals surface area (Å²) in [5.74, 6) is -1.01. The van der Waals surface area contributed by atoms with Gasteiger partial charge in [0.25, 0.3) is 10.0 Å². The van der Waals surface area contributed by atoms with E-state index in [1.165, 1.54) is 37.4 Å². The highest BCUT2D eigenvalue weighted by Gasteiger charge is 2.31. The summed E-state index contributed by atoms with van der Waals surface area (Å²) < 4.78 is 39.0. The summed E-state index contributed by atoms with van der Waals surface area (Å²) in [6, 6.07) is 14.8. The number of sulfonamides is 1. The van der Waals surface area contributed by atoms with E-state index in [1.54, 1.807) is 37.3 Å². The van der Waals surface area contributed by atoms with Gasteiger partial charge in [-0.1, -0.05) is 24.3 Å². The number of anilines is 1. The number of fused-ring (bicyclic) bond motifs is 3. The molecule has 1 aliphatic rings. The predicted molar refractivity (Wildman–Crippen MR) is 123 cm³/mol. The summed E-state index contributed by atoms with van der Waals surface area (Å²) in [5.41, 5.74) is 1.50. The van der Waals surface area contributed by atoms with Gasteiger partial charge in [0.1, 0.15) is 16.9 Å². The lowest BCUT2D eigenvalue weighted by Gasteiger charge is -2.18. The van der Waals surface area contributed by atoms with Crippen LogP contribution in [0.2, 0.25) is 0 Å². The Morgan fingerprint density at radius 2 is 1.53 bits per heavy atom. The summed E-state index contributed by atoms with van der Waals surface area (Å²) in [7, 11) is -2.88. The fraction of sp³-hybridized carbons (Fsp3) is 0.0800. The molecular formula is C25H17NO7S. The van der Waals surface area contributed by atoms with Crippen LogP contribution in [0.15, 0.2) is 70.0 Å². The van der Waals surface area contributed by atoms with Crippen molar-refractivity contribution in [2.45, 2.75) is 11.8 Å². The summed E-state index contributed by atoms with van der Waals surface area (Å²) in [6.07, 6.45) is 0. The van der Waals surface area contributed by atoms with Crippen molar-refractivity contribution in [3.8, 4) is 0 Å². The van der Waals surface area contributed by atoms with Crippen molar-refractivity contribution in [2.24, 2.45) is 0 Å². The van der Waals surface area contributed by atoms with Crippen LogP contribution in [0.1, 0.15) is 48.0 Å². The van der Waals surface area contributed by atoms with E-state index in [-0.39, 0.29) is 38.6 Å². The van der Waals surface area contributed by atoms with E-state index in [1.807, 2.05) is 0 Å². The number of carbonyl (C=O) groups excluding carboxylic acids is 3. The monoisotopic (exact) mass is 475 g/mol. The lowest BCUT2D eigenvalue weighted by molar-refractivity contribution is 0.0600. The number of methoxy groups -OCH3 is 1. The second-order valence-corrected chi connectivity index (χ2v) is 9.43. The lowest BCUT2D eigenvalue weighted by Crippen LogP contribution is -2.22. The molecular weight excluding hydrogens is 458 g/mol. The van der Waals surface area contributed by atoms with Crippen LogP contribution in [-0.4, -0.2) is 33.1 Å². The maximum absolute atomic E-state index is 13.1. The molecule has 34 heavy (non-hydrogen) atoms. The zero-order valence-corrected chi connectivity index (χ0v) is 18.9. The Morgan fingerprint density at radius 1 is 0.882 bits per heavy atom. The Labute approximate surface area is 194 Å². The number of nitrogens with one attached hydrogen (secondary N) is 1. The molecule has 0 fully saturated rings. The van der Waals surface area contributed by atoms with Gasteiger partial charge in [-0.05, 0) is 43.3 Å². The number of esters is 1. The molecule has 1 N–H and O–H groups in total. The van der Waals surface area contributed by atoms with Crippen molar-refractivity contribution in [1.29, 1.82) is 0 Å².